The van der Waals surface area contributed by atoms with Gasteiger partial charge in [0.05, 0.1) is 10.6 Å². The number of nitrogens with zero attached hydrogens (tertiary/aromatic N) is 1. The predicted molar refractivity (Wildman–Crippen MR) is 86.7 cm³/mol. The maximum atomic E-state index is 11.8. The molecule has 0 aliphatic heterocycles. The van der Waals surface area contributed by atoms with Crippen LogP contribution in [-0.2, 0) is 15.3 Å². The van der Waals surface area contributed by atoms with Crippen molar-refractivity contribution in [2.45, 2.75) is 31.1 Å². The largest absolute Gasteiger partial charge is 0.492 e. The number of likely N-dealkylation sites (N-methyl/N-ethyl adjacent to an activating group) is 1. The van der Waals surface area contributed by atoms with Gasteiger partial charge in [0.15, 0.2) is 9.84 Å². The van der Waals surface area contributed by atoms with Crippen LogP contribution in [0.3, 0.4) is 0 Å². The Morgan fingerprint density at radius 2 is 1.81 bits per heavy atom. The number of benzene rings is 1. The summed E-state index contributed by atoms with van der Waals surface area (Å²) in [6.07, 6.45) is 1.15. The minimum absolute atomic E-state index is 0.121. The fraction of sp³-hybridized carbons (Fsp3) is 0.600. The van der Waals surface area contributed by atoms with Gasteiger partial charge in [-0.3, -0.25) is 0 Å². The molecule has 0 heterocycles. The summed E-state index contributed by atoms with van der Waals surface area (Å²) in [5, 5.41) is 0. The molecule has 0 aliphatic rings. The Hall–Kier alpha value is -1.27. The highest BCUT2D eigenvalue weighted by molar-refractivity contribution is 7.90. The van der Waals surface area contributed by atoms with E-state index in [-0.39, 0.29) is 16.0 Å². The van der Waals surface area contributed by atoms with Gasteiger partial charge >= 0.3 is 0 Å². The number of hydrogen-bond acceptors (Lipinski definition) is 5. The molecular formula is C15H26N2O3S. The molecule has 5 nitrogen and oxygen atoms in total. The van der Waals surface area contributed by atoms with E-state index in [4.69, 9.17) is 10.5 Å². The molecule has 0 saturated heterocycles. The summed E-state index contributed by atoms with van der Waals surface area (Å²) in [4.78, 5) is 2.13. The topological polar surface area (TPSA) is 72.6 Å². The minimum Gasteiger partial charge on any atom is -0.492 e. The summed E-state index contributed by atoms with van der Waals surface area (Å²) in [6, 6.07) is 3.25. The van der Waals surface area contributed by atoms with Crippen LogP contribution in [0.25, 0.3) is 0 Å². The Labute approximate surface area is 128 Å². The van der Waals surface area contributed by atoms with Crippen molar-refractivity contribution in [3.05, 3.63) is 17.7 Å². The number of sulfone groups is 1. The van der Waals surface area contributed by atoms with Crippen LogP contribution < -0.4 is 10.5 Å². The first-order valence-electron chi connectivity index (χ1n) is 6.84. The fourth-order valence-electron chi connectivity index (χ4n) is 1.94. The second kappa shape index (κ2) is 6.23. The van der Waals surface area contributed by atoms with Gasteiger partial charge < -0.3 is 15.4 Å². The highest BCUT2D eigenvalue weighted by atomic mass is 32.2. The Balaban J connectivity index is 3.29. The van der Waals surface area contributed by atoms with Crippen LogP contribution in [0.2, 0.25) is 0 Å². The first kappa shape index (κ1) is 17.8. The lowest BCUT2D eigenvalue weighted by Gasteiger charge is -2.24. The average molecular weight is 314 g/mol. The molecule has 2 N–H and O–H groups in total. The lowest BCUT2D eigenvalue weighted by molar-refractivity contribution is 0.256. The van der Waals surface area contributed by atoms with Crippen LogP contribution in [0.5, 0.6) is 5.75 Å². The van der Waals surface area contributed by atoms with Crippen molar-refractivity contribution in [3.8, 4) is 5.75 Å². The molecule has 0 bridgehead atoms. The van der Waals surface area contributed by atoms with E-state index in [0.29, 0.717) is 12.4 Å². The molecule has 1 rings (SSSR count). The quantitative estimate of drug-likeness (QED) is 0.841. The van der Waals surface area contributed by atoms with Crippen molar-refractivity contribution in [2.24, 2.45) is 0 Å². The Morgan fingerprint density at radius 3 is 2.24 bits per heavy atom. The first-order valence-corrected chi connectivity index (χ1v) is 8.73. The van der Waals surface area contributed by atoms with Crippen molar-refractivity contribution >= 4 is 15.5 Å². The maximum Gasteiger partial charge on any atom is 0.177 e. The molecule has 1 aromatic rings. The summed E-state index contributed by atoms with van der Waals surface area (Å²) in [7, 11) is 0.540. The average Bonchev–Trinajstić information content (AvgIpc) is 2.27. The lowest BCUT2D eigenvalue weighted by atomic mass is 9.86. The summed E-state index contributed by atoms with van der Waals surface area (Å²) >= 11 is 0. The Kier molecular flexibility index (Phi) is 5.28. The Bertz CT molecular complexity index is 602. The monoisotopic (exact) mass is 314 g/mol. The van der Waals surface area contributed by atoms with Gasteiger partial charge in [0.25, 0.3) is 0 Å². The molecule has 0 spiro atoms. The van der Waals surface area contributed by atoms with Gasteiger partial charge in [-0.15, -0.1) is 0 Å². The van der Waals surface area contributed by atoms with Gasteiger partial charge in [0.1, 0.15) is 12.4 Å². The predicted octanol–water partition coefficient (Wildman–Crippen LogP) is 1.91. The molecule has 0 aromatic heterocycles. The van der Waals surface area contributed by atoms with Crippen LogP contribution in [-0.4, -0.2) is 46.8 Å². The van der Waals surface area contributed by atoms with E-state index in [1.807, 2.05) is 39.8 Å². The molecule has 0 radical (unpaired) electrons. The molecule has 21 heavy (non-hydrogen) atoms. The van der Waals surface area contributed by atoms with E-state index in [1.54, 1.807) is 12.1 Å². The van der Waals surface area contributed by atoms with Crippen LogP contribution in [0.15, 0.2) is 17.0 Å². The number of hydrogen-bond donors (Lipinski definition) is 1. The molecule has 0 atom stereocenters. The van der Waals surface area contributed by atoms with Crippen molar-refractivity contribution < 1.29 is 13.2 Å². The third kappa shape index (κ3) is 4.89. The van der Waals surface area contributed by atoms with Gasteiger partial charge in [-0.25, -0.2) is 8.42 Å². The van der Waals surface area contributed by atoms with Crippen LogP contribution >= 0.6 is 0 Å². The standard InChI is InChI=1S/C15H26N2O3S/c1-15(2,3)11-9-12(16)14(21(6,18)19)10-13(11)20-8-7-17(4)5/h9-10H,7-8,16H2,1-6H3. The van der Waals surface area contributed by atoms with Crippen LogP contribution in [0, 0.1) is 0 Å². The zero-order chi connectivity index (χ0) is 16.4. The number of anilines is 1. The molecule has 0 amide bonds. The van der Waals surface area contributed by atoms with E-state index in [0.717, 1.165) is 18.4 Å². The van der Waals surface area contributed by atoms with Gasteiger partial charge in [0.2, 0.25) is 0 Å². The molecule has 0 aliphatic carbocycles. The van der Waals surface area contributed by atoms with Gasteiger partial charge in [0, 0.05) is 24.4 Å². The summed E-state index contributed by atoms with van der Waals surface area (Å²) < 4.78 is 29.4. The highest BCUT2D eigenvalue weighted by Gasteiger charge is 2.23. The highest BCUT2D eigenvalue weighted by Crippen LogP contribution is 2.36. The zero-order valence-electron chi connectivity index (χ0n) is 13.7. The molecule has 0 fully saturated rings. The number of rotatable bonds is 5. The molecule has 0 saturated carbocycles. The minimum atomic E-state index is -3.38. The second-order valence-electron chi connectivity index (χ2n) is 6.56. The number of nitrogens with two attached hydrogens (primary N) is 1. The maximum absolute atomic E-state index is 11.8. The van der Waals surface area contributed by atoms with Crippen molar-refractivity contribution in [2.75, 3.05) is 39.2 Å². The summed E-state index contributed by atoms with van der Waals surface area (Å²) in [5.74, 6) is 0.582. The van der Waals surface area contributed by atoms with E-state index < -0.39 is 9.84 Å². The van der Waals surface area contributed by atoms with E-state index >= 15 is 0 Å². The van der Waals surface area contributed by atoms with Crippen molar-refractivity contribution in [1.29, 1.82) is 0 Å². The van der Waals surface area contributed by atoms with E-state index in [2.05, 4.69) is 0 Å². The van der Waals surface area contributed by atoms with E-state index in [9.17, 15) is 8.42 Å². The van der Waals surface area contributed by atoms with Crippen molar-refractivity contribution in [1.82, 2.24) is 4.90 Å². The second-order valence-corrected chi connectivity index (χ2v) is 8.54. The Morgan fingerprint density at radius 1 is 1.24 bits per heavy atom. The lowest BCUT2D eigenvalue weighted by Crippen LogP contribution is -2.21. The van der Waals surface area contributed by atoms with Gasteiger partial charge in [-0.2, -0.15) is 0 Å². The third-order valence-electron chi connectivity index (χ3n) is 3.12. The van der Waals surface area contributed by atoms with Gasteiger partial charge in [-0.05, 0) is 25.6 Å². The molecule has 6 heteroatoms. The fourth-order valence-corrected chi connectivity index (χ4v) is 2.75. The zero-order valence-corrected chi connectivity index (χ0v) is 14.5. The molecular weight excluding hydrogens is 288 g/mol. The van der Waals surface area contributed by atoms with Crippen LogP contribution in [0.1, 0.15) is 26.3 Å². The number of nitrogen functional groups attached to an aromatic ring is 1. The third-order valence-corrected chi connectivity index (χ3v) is 4.27. The molecule has 0 unspecified atom stereocenters. The first-order chi connectivity index (χ1) is 9.43. The smallest absolute Gasteiger partial charge is 0.177 e. The van der Waals surface area contributed by atoms with Crippen molar-refractivity contribution in [3.63, 3.8) is 0 Å². The van der Waals surface area contributed by atoms with Gasteiger partial charge in [-0.1, -0.05) is 20.8 Å². The summed E-state index contributed by atoms with van der Waals surface area (Å²) in [5.41, 5.74) is 6.90. The number of ether oxygens (including phenoxy) is 1. The normalized spacial score (nSPS) is 12.7. The SMILES string of the molecule is CN(C)CCOc1cc(S(C)(=O)=O)c(N)cc1C(C)(C)C. The summed E-state index contributed by atoms with van der Waals surface area (Å²) in [6.45, 7) is 7.37. The van der Waals surface area contributed by atoms with E-state index in [1.165, 1.54) is 0 Å². The molecule has 1 aromatic carbocycles. The molecule has 120 valence electrons. The van der Waals surface area contributed by atoms with Crippen LogP contribution in [0.4, 0.5) is 5.69 Å².